The van der Waals surface area contributed by atoms with Crippen LogP contribution in [0.25, 0.3) is 0 Å². The van der Waals surface area contributed by atoms with Gasteiger partial charge >= 0.3 is 5.97 Å². The van der Waals surface area contributed by atoms with Gasteiger partial charge in [0, 0.05) is 6.04 Å². The van der Waals surface area contributed by atoms with Crippen molar-refractivity contribution in [1.82, 2.24) is 4.72 Å². The molecule has 0 aromatic heterocycles. The van der Waals surface area contributed by atoms with Crippen LogP contribution in [0.4, 0.5) is 0 Å². The first kappa shape index (κ1) is 15.0. The zero-order chi connectivity index (χ0) is 14.8. The van der Waals surface area contributed by atoms with Gasteiger partial charge in [-0.05, 0) is 37.5 Å². The van der Waals surface area contributed by atoms with Gasteiger partial charge in [0.25, 0.3) is 0 Å². The second kappa shape index (κ2) is 5.93. The van der Waals surface area contributed by atoms with Gasteiger partial charge in [0.15, 0.2) is 0 Å². The second-order valence-electron chi connectivity index (χ2n) is 5.24. The summed E-state index contributed by atoms with van der Waals surface area (Å²) in [5, 5.41) is 8.97. The highest BCUT2D eigenvalue weighted by Gasteiger charge is 2.24. The van der Waals surface area contributed by atoms with Crippen molar-refractivity contribution in [3.63, 3.8) is 0 Å². The summed E-state index contributed by atoms with van der Waals surface area (Å²) >= 11 is 0. The Labute approximate surface area is 119 Å². The molecule has 1 aromatic carbocycles. The highest BCUT2D eigenvalue weighted by atomic mass is 32.2. The van der Waals surface area contributed by atoms with Gasteiger partial charge in [-0.15, -0.1) is 0 Å². The smallest absolute Gasteiger partial charge is 0.335 e. The van der Waals surface area contributed by atoms with Gasteiger partial charge in [-0.2, -0.15) is 0 Å². The van der Waals surface area contributed by atoms with E-state index in [1.165, 1.54) is 18.2 Å². The van der Waals surface area contributed by atoms with Crippen molar-refractivity contribution in [3.05, 3.63) is 29.3 Å². The SMILES string of the molecule is Cc1ccc(C(=O)O)cc1S(=O)(=O)NC1CCCCC1. The molecule has 0 saturated heterocycles. The number of carboxylic acids is 1. The molecule has 0 radical (unpaired) electrons. The molecule has 1 aliphatic rings. The molecule has 0 atom stereocenters. The van der Waals surface area contributed by atoms with Gasteiger partial charge in [0.05, 0.1) is 10.5 Å². The van der Waals surface area contributed by atoms with Crippen LogP contribution in [0.3, 0.4) is 0 Å². The lowest BCUT2D eigenvalue weighted by Crippen LogP contribution is -2.36. The van der Waals surface area contributed by atoms with Crippen LogP contribution < -0.4 is 4.72 Å². The molecule has 1 aromatic rings. The monoisotopic (exact) mass is 297 g/mol. The molecular weight excluding hydrogens is 278 g/mol. The molecule has 0 bridgehead atoms. The van der Waals surface area contributed by atoms with Gasteiger partial charge < -0.3 is 5.11 Å². The summed E-state index contributed by atoms with van der Waals surface area (Å²) in [4.78, 5) is 11.0. The minimum Gasteiger partial charge on any atom is -0.478 e. The molecular formula is C14H19NO4S. The standard InChI is InChI=1S/C14H19NO4S/c1-10-7-8-11(14(16)17)9-13(10)20(18,19)15-12-5-3-2-4-6-12/h7-9,12,15H,2-6H2,1H3,(H,16,17). The second-order valence-corrected chi connectivity index (χ2v) is 6.92. The van der Waals surface area contributed by atoms with E-state index in [0.717, 1.165) is 32.1 Å². The van der Waals surface area contributed by atoms with Crippen LogP contribution in [-0.2, 0) is 10.0 Å². The van der Waals surface area contributed by atoms with Gasteiger partial charge in [-0.3, -0.25) is 0 Å². The van der Waals surface area contributed by atoms with E-state index in [9.17, 15) is 13.2 Å². The van der Waals surface area contributed by atoms with Crippen LogP contribution in [0.2, 0.25) is 0 Å². The maximum absolute atomic E-state index is 12.4. The summed E-state index contributed by atoms with van der Waals surface area (Å²) in [6.45, 7) is 1.67. The largest absolute Gasteiger partial charge is 0.478 e. The normalized spacial score (nSPS) is 17.1. The van der Waals surface area contributed by atoms with Gasteiger partial charge in [-0.1, -0.05) is 25.3 Å². The summed E-state index contributed by atoms with van der Waals surface area (Å²) in [7, 11) is -3.66. The summed E-state index contributed by atoms with van der Waals surface area (Å²) in [5.74, 6) is -1.13. The third-order valence-corrected chi connectivity index (χ3v) is 5.31. The Kier molecular flexibility index (Phi) is 4.45. The number of carboxylic acid groups (broad SMARTS) is 1. The number of hydrogen-bond acceptors (Lipinski definition) is 3. The Bertz CT molecular complexity index is 604. The Balaban J connectivity index is 2.28. The number of hydrogen-bond donors (Lipinski definition) is 2. The number of benzene rings is 1. The highest BCUT2D eigenvalue weighted by molar-refractivity contribution is 7.89. The van der Waals surface area contributed by atoms with Crippen LogP contribution in [0.1, 0.15) is 48.0 Å². The van der Waals surface area contributed by atoms with Crippen LogP contribution in [0, 0.1) is 6.92 Å². The zero-order valence-corrected chi connectivity index (χ0v) is 12.2. The lowest BCUT2D eigenvalue weighted by Gasteiger charge is -2.23. The lowest BCUT2D eigenvalue weighted by molar-refractivity contribution is 0.0696. The Morgan fingerprint density at radius 2 is 1.90 bits per heavy atom. The molecule has 0 unspecified atom stereocenters. The van der Waals surface area contributed by atoms with E-state index in [0.29, 0.717) is 5.56 Å². The zero-order valence-electron chi connectivity index (χ0n) is 11.4. The fourth-order valence-corrected chi connectivity index (χ4v) is 4.10. The van der Waals surface area contributed by atoms with Gasteiger partial charge in [-0.25, -0.2) is 17.9 Å². The van der Waals surface area contributed by atoms with Crippen LogP contribution in [0.5, 0.6) is 0 Å². The first-order valence-electron chi connectivity index (χ1n) is 6.76. The minimum absolute atomic E-state index is 0.0142. The molecule has 1 saturated carbocycles. The van der Waals surface area contributed by atoms with Crippen molar-refractivity contribution < 1.29 is 18.3 Å². The molecule has 0 aliphatic heterocycles. The van der Waals surface area contributed by atoms with E-state index >= 15 is 0 Å². The Morgan fingerprint density at radius 3 is 2.50 bits per heavy atom. The molecule has 1 fully saturated rings. The molecule has 110 valence electrons. The number of aromatic carboxylic acids is 1. The molecule has 20 heavy (non-hydrogen) atoms. The molecule has 2 rings (SSSR count). The van der Waals surface area contributed by atoms with E-state index in [1.54, 1.807) is 6.92 Å². The topological polar surface area (TPSA) is 83.5 Å². The fraction of sp³-hybridized carbons (Fsp3) is 0.500. The maximum Gasteiger partial charge on any atom is 0.335 e. The van der Waals surface area contributed by atoms with Crippen molar-refractivity contribution in [1.29, 1.82) is 0 Å². The third-order valence-electron chi connectivity index (χ3n) is 3.65. The molecule has 0 amide bonds. The van der Waals surface area contributed by atoms with Crippen LogP contribution >= 0.6 is 0 Å². The summed E-state index contributed by atoms with van der Waals surface area (Å²) in [6.07, 6.45) is 4.89. The molecule has 6 heteroatoms. The van der Waals surface area contributed by atoms with Gasteiger partial charge in [0.2, 0.25) is 10.0 Å². The highest BCUT2D eigenvalue weighted by Crippen LogP contribution is 2.22. The average molecular weight is 297 g/mol. The quantitative estimate of drug-likeness (QED) is 0.893. The van der Waals surface area contributed by atoms with Crippen molar-refractivity contribution in [2.24, 2.45) is 0 Å². The number of sulfonamides is 1. The number of nitrogens with one attached hydrogen (secondary N) is 1. The first-order chi connectivity index (χ1) is 9.40. The van der Waals surface area contributed by atoms with Gasteiger partial charge in [0.1, 0.15) is 0 Å². The molecule has 0 spiro atoms. The predicted molar refractivity (Wildman–Crippen MR) is 75.3 cm³/mol. The number of aryl methyl sites for hydroxylation is 1. The first-order valence-corrected chi connectivity index (χ1v) is 8.25. The van der Waals surface area contributed by atoms with E-state index in [1.807, 2.05) is 0 Å². The van der Waals surface area contributed by atoms with E-state index in [2.05, 4.69) is 4.72 Å². The van der Waals surface area contributed by atoms with Crippen LogP contribution in [-0.4, -0.2) is 25.5 Å². The Morgan fingerprint density at radius 1 is 1.25 bits per heavy atom. The maximum atomic E-state index is 12.4. The predicted octanol–water partition coefficient (Wildman–Crippen LogP) is 2.30. The summed E-state index contributed by atoms with van der Waals surface area (Å²) in [6, 6.07) is 4.13. The molecule has 1 aliphatic carbocycles. The Hall–Kier alpha value is -1.40. The lowest BCUT2D eigenvalue weighted by atomic mass is 9.96. The third kappa shape index (κ3) is 3.37. The average Bonchev–Trinajstić information content (AvgIpc) is 2.39. The number of carbonyl (C=O) groups is 1. The van der Waals surface area contributed by atoms with E-state index < -0.39 is 16.0 Å². The number of rotatable bonds is 4. The molecule has 5 nitrogen and oxygen atoms in total. The van der Waals surface area contributed by atoms with Crippen molar-refractivity contribution in [2.45, 2.75) is 50.0 Å². The van der Waals surface area contributed by atoms with E-state index in [4.69, 9.17) is 5.11 Å². The van der Waals surface area contributed by atoms with Crippen molar-refractivity contribution >= 4 is 16.0 Å². The summed E-state index contributed by atoms with van der Waals surface area (Å²) < 4.78 is 27.5. The fourth-order valence-electron chi connectivity index (χ4n) is 2.53. The van der Waals surface area contributed by atoms with Crippen molar-refractivity contribution in [3.8, 4) is 0 Å². The molecule has 0 heterocycles. The summed E-state index contributed by atoms with van der Waals surface area (Å²) in [5.41, 5.74) is 0.540. The van der Waals surface area contributed by atoms with Crippen molar-refractivity contribution in [2.75, 3.05) is 0 Å². The van der Waals surface area contributed by atoms with Crippen LogP contribution in [0.15, 0.2) is 23.1 Å². The minimum atomic E-state index is -3.66. The molecule has 2 N–H and O–H groups in total. The van der Waals surface area contributed by atoms with E-state index in [-0.39, 0.29) is 16.5 Å².